The maximum Gasteiger partial charge on any atom is 0.408 e. The van der Waals surface area contributed by atoms with Crippen LogP contribution in [-0.4, -0.2) is 34.3 Å². The number of nitrogens with one attached hydrogen (secondary N) is 1. The molecule has 1 aromatic carbocycles. The number of amides is 1. The molecular weight excluding hydrogens is 334 g/mol. The summed E-state index contributed by atoms with van der Waals surface area (Å²) in [4.78, 5) is 28.8. The van der Waals surface area contributed by atoms with E-state index in [1.807, 2.05) is 32.4 Å². The minimum atomic E-state index is -0.559. The van der Waals surface area contributed by atoms with Crippen LogP contribution in [0.3, 0.4) is 0 Å². The molecule has 26 heavy (non-hydrogen) atoms. The number of carbonyl (C=O) groups is 2. The predicted octanol–water partition coefficient (Wildman–Crippen LogP) is 3.26. The summed E-state index contributed by atoms with van der Waals surface area (Å²) in [6, 6.07) is 5.25. The van der Waals surface area contributed by atoms with Crippen molar-refractivity contribution < 1.29 is 19.1 Å². The largest absolute Gasteiger partial charge is 0.465 e. The highest BCUT2D eigenvalue weighted by atomic mass is 16.6. The summed E-state index contributed by atoms with van der Waals surface area (Å²) in [6.07, 6.45) is 2.16. The van der Waals surface area contributed by atoms with Crippen LogP contribution in [-0.2, 0) is 22.1 Å². The molecule has 1 amide bonds. The van der Waals surface area contributed by atoms with Gasteiger partial charge in [-0.05, 0) is 58.2 Å². The van der Waals surface area contributed by atoms with Gasteiger partial charge in [0, 0.05) is 7.05 Å². The van der Waals surface area contributed by atoms with E-state index in [4.69, 9.17) is 14.5 Å². The molecule has 2 aromatic rings. The molecule has 0 aliphatic heterocycles. The lowest BCUT2D eigenvalue weighted by Crippen LogP contribution is -2.53. The third kappa shape index (κ3) is 3.25. The van der Waals surface area contributed by atoms with Crippen LogP contribution in [0.1, 0.15) is 56.2 Å². The SMILES string of the molecule is COC(=O)c1ccc2nc(C3(NC(=O)OC(C)(C)C)CCC3)n(C)c2c1. The second-order valence-corrected chi connectivity index (χ2v) is 7.75. The first-order chi connectivity index (χ1) is 12.1. The maximum absolute atomic E-state index is 12.3. The fraction of sp³-hybridized carbons (Fsp3) is 0.526. The smallest absolute Gasteiger partial charge is 0.408 e. The van der Waals surface area contributed by atoms with Crippen molar-refractivity contribution in [3.05, 3.63) is 29.6 Å². The Kier molecular flexibility index (Phi) is 4.42. The summed E-state index contributed by atoms with van der Waals surface area (Å²) in [6.45, 7) is 5.51. The zero-order chi connectivity index (χ0) is 19.1. The molecule has 140 valence electrons. The Bertz CT molecular complexity index is 860. The number of nitrogens with zero attached hydrogens (tertiary/aromatic N) is 2. The minimum absolute atomic E-state index is 0.389. The van der Waals surface area contributed by atoms with Crippen molar-refractivity contribution in [3.8, 4) is 0 Å². The number of aromatic nitrogens is 2. The van der Waals surface area contributed by atoms with Crippen molar-refractivity contribution in [1.82, 2.24) is 14.9 Å². The molecule has 0 bridgehead atoms. The van der Waals surface area contributed by atoms with E-state index in [1.165, 1.54) is 7.11 Å². The van der Waals surface area contributed by atoms with Crippen LogP contribution in [0.5, 0.6) is 0 Å². The van der Waals surface area contributed by atoms with Crippen LogP contribution in [0.15, 0.2) is 18.2 Å². The molecule has 1 aliphatic carbocycles. The highest BCUT2D eigenvalue weighted by Crippen LogP contribution is 2.41. The molecule has 0 spiro atoms. The maximum atomic E-state index is 12.3. The molecule has 1 aromatic heterocycles. The van der Waals surface area contributed by atoms with Gasteiger partial charge in [-0.25, -0.2) is 14.6 Å². The van der Waals surface area contributed by atoms with E-state index in [0.717, 1.165) is 36.1 Å². The highest BCUT2D eigenvalue weighted by molar-refractivity contribution is 5.93. The minimum Gasteiger partial charge on any atom is -0.465 e. The highest BCUT2D eigenvalue weighted by Gasteiger charge is 2.44. The van der Waals surface area contributed by atoms with E-state index in [2.05, 4.69) is 5.32 Å². The number of rotatable bonds is 3. The number of hydrogen-bond donors (Lipinski definition) is 1. The molecule has 3 rings (SSSR count). The Morgan fingerprint density at radius 1 is 1.27 bits per heavy atom. The summed E-state index contributed by atoms with van der Waals surface area (Å²) in [7, 11) is 3.25. The summed E-state index contributed by atoms with van der Waals surface area (Å²) < 4.78 is 12.1. The number of hydrogen-bond acceptors (Lipinski definition) is 5. The molecule has 0 saturated heterocycles. The van der Waals surface area contributed by atoms with Gasteiger partial charge in [-0.2, -0.15) is 0 Å². The quantitative estimate of drug-likeness (QED) is 0.851. The first-order valence-corrected chi connectivity index (χ1v) is 8.72. The average molecular weight is 359 g/mol. The van der Waals surface area contributed by atoms with Crippen molar-refractivity contribution in [3.63, 3.8) is 0 Å². The number of fused-ring (bicyclic) bond motifs is 1. The van der Waals surface area contributed by atoms with E-state index in [9.17, 15) is 9.59 Å². The predicted molar refractivity (Wildman–Crippen MR) is 97.0 cm³/mol. The zero-order valence-electron chi connectivity index (χ0n) is 15.9. The lowest BCUT2D eigenvalue weighted by molar-refractivity contribution is 0.0361. The van der Waals surface area contributed by atoms with Crippen LogP contribution < -0.4 is 5.32 Å². The normalized spacial score (nSPS) is 16.0. The van der Waals surface area contributed by atoms with Crippen molar-refractivity contribution in [2.75, 3.05) is 7.11 Å². The van der Waals surface area contributed by atoms with Gasteiger partial charge in [-0.1, -0.05) is 0 Å². The fourth-order valence-electron chi connectivity index (χ4n) is 3.30. The zero-order valence-corrected chi connectivity index (χ0v) is 15.9. The number of methoxy groups -OCH3 is 1. The van der Waals surface area contributed by atoms with Crippen molar-refractivity contribution in [2.24, 2.45) is 7.05 Å². The Morgan fingerprint density at radius 3 is 2.50 bits per heavy atom. The second kappa shape index (κ2) is 6.30. The monoisotopic (exact) mass is 359 g/mol. The van der Waals surface area contributed by atoms with E-state index in [1.54, 1.807) is 18.2 Å². The number of imidazole rings is 1. The first-order valence-electron chi connectivity index (χ1n) is 8.72. The van der Waals surface area contributed by atoms with Crippen molar-refractivity contribution in [2.45, 2.75) is 51.2 Å². The van der Waals surface area contributed by atoms with Gasteiger partial charge in [0.25, 0.3) is 0 Å². The summed E-state index contributed by atoms with van der Waals surface area (Å²) in [5.41, 5.74) is 0.961. The molecule has 1 heterocycles. The van der Waals surface area contributed by atoms with Gasteiger partial charge in [0.05, 0.1) is 23.7 Å². The Balaban J connectivity index is 1.96. The van der Waals surface area contributed by atoms with E-state index < -0.39 is 17.2 Å². The standard InChI is InChI=1S/C19H25N3O4/c1-18(2,3)26-17(24)21-19(9-6-10-19)16-20-13-8-7-12(15(23)25-5)11-14(13)22(16)4/h7-8,11H,6,9-10H2,1-5H3,(H,21,24). The first kappa shape index (κ1) is 18.2. The molecule has 7 nitrogen and oxygen atoms in total. The molecular formula is C19H25N3O4. The van der Waals surface area contributed by atoms with Gasteiger partial charge < -0.3 is 19.4 Å². The molecule has 0 unspecified atom stereocenters. The van der Waals surface area contributed by atoms with Crippen LogP contribution in [0, 0.1) is 0 Å². The summed E-state index contributed by atoms with van der Waals surface area (Å²) >= 11 is 0. The van der Waals surface area contributed by atoms with Gasteiger partial charge in [0.2, 0.25) is 0 Å². The van der Waals surface area contributed by atoms with E-state index in [0.29, 0.717) is 5.56 Å². The van der Waals surface area contributed by atoms with E-state index in [-0.39, 0.29) is 5.97 Å². The van der Waals surface area contributed by atoms with Gasteiger partial charge in [-0.15, -0.1) is 0 Å². The van der Waals surface area contributed by atoms with Gasteiger partial charge in [0.1, 0.15) is 17.0 Å². The third-order valence-corrected chi connectivity index (χ3v) is 4.68. The molecule has 0 atom stereocenters. The summed E-state index contributed by atoms with van der Waals surface area (Å²) in [5.74, 6) is 0.381. The van der Waals surface area contributed by atoms with Crippen LogP contribution in [0.25, 0.3) is 11.0 Å². The number of esters is 1. The average Bonchev–Trinajstić information content (AvgIpc) is 2.85. The van der Waals surface area contributed by atoms with E-state index >= 15 is 0 Å². The number of benzene rings is 1. The van der Waals surface area contributed by atoms with Gasteiger partial charge in [-0.3, -0.25) is 0 Å². The lowest BCUT2D eigenvalue weighted by atomic mass is 9.76. The number of ether oxygens (including phenoxy) is 2. The second-order valence-electron chi connectivity index (χ2n) is 7.75. The topological polar surface area (TPSA) is 82.4 Å². The summed E-state index contributed by atoms with van der Waals surface area (Å²) in [5, 5.41) is 3.02. The van der Waals surface area contributed by atoms with Crippen molar-refractivity contribution >= 4 is 23.1 Å². The lowest BCUT2D eigenvalue weighted by Gasteiger charge is -2.41. The van der Waals surface area contributed by atoms with Crippen LogP contribution >= 0.6 is 0 Å². The Morgan fingerprint density at radius 2 is 1.96 bits per heavy atom. The molecule has 1 aliphatic rings. The molecule has 0 radical (unpaired) electrons. The Labute approximate surface area is 152 Å². The van der Waals surface area contributed by atoms with Gasteiger partial charge in [0.15, 0.2) is 0 Å². The van der Waals surface area contributed by atoms with Gasteiger partial charge >= 0.3 is 12.1 Å². The van der Waals surface area contributed by atoms with Crippen LogP contribution in [0.4, 0.5) is 4.79 Å². The third-order valence-electron chi connectivity index (χ3n) is 4.68. The number of aryl methyl sites for hydroxylation is 1. The number of alkyl carbamates (subject to hydrolysis) is 1. The molecule has 1 N–H and O–H groups in total. The Hall–Kier alpha value is -2.57. The number of carbonyl (C=O) groups excluding carboxylic acids is 2. The molecule has 7 heteroatoms. The fourth-order valence-corrected chi connectivity index (χ4v) is 3.30. The van der Waals surface area contributed by atoms with Crippen molar-refractivity contribution in [1.29, 1.82) is 0 Å². The molecule has 1 saturated carbocycles. The molecule has 1 fully saturated rings. The van der Waals surface area contributed by atoms with Crippen LogP contribution in [0.2, 0.25) is 0 Å².